The lowest BCUT2D eigenvalue weighted by atomic mass is 9.74. The van der Waals surface area contributed by atoms with Crippen molar-refractivity contribution in [3.8, 4) is 5.75 Å². The van der Waals surface area contributed by atoms with Crippen LogP contribution in [0.3, 0.4) is 0 Å². The molecule has 0 saturated carbocycles. The highest BCUT2D eigenvalue weighted by Gasteiger charge is 2.62. The maximum absolute atomic E-state index is 6.99. The van der Waals surface area contributed by atoms with Crippen molar-refractivity contribution < 1.29 is 4.74 Å². The number of para-hydroxylation sites is 1. The third-order valence-electron chi connectivity index (χ3n) is 6.51. The molecule has 2 heterocycles. The first-order valence-corrected chi connectivity index (χ1v) is 10.2. The summed E-state index contributed by atoms with van der Waals surface area (Å²) in [6.07, 6.45) is 0.844. The lowest BCUT2D eigenvalue weighted by Gasteiger charge is -2.49. The van der Waals surface area contributed by atoms with E-state index in [-0.39, 0.29) is 5.41 Å². The number of fused-ring (bicyclic) bond motifs is 4. The number of likely N-dealkylation sites (N-methyl/N-ethyl adjacent to an activating group) is 1. The Hall–Kier alpha value is -2.81. The zero-order chi connectivity index (χ0) is 19.5. The molecule has 3 heteroatoms. The number of anilines is 1. The van der Waals surface area contributed by atoms with Crippen LogP contribution in [0.1, 0.15) is 39.7 Å². The van der Waals surface area contributed by atoms with Crippen molar-refractivity contribution in [2.75, 3.05) is 11.4 Å². The number of hydrogen-bond donors (Lipinski definition) is 0. The van der Waals surface area contributed by atoms with E-state index in [9.17, 15) is 0 Å². The van der Waals surface area contributed by atoms with Crippen LogP contribution in [-0.2, 0) is 5.41 Å². The maximum Gasteiger partial charge on any atom is 0.231 e. The molecule has 0 aromatic heterocycles. The zero-order valence-corrected chi connectivity index (χ0v) is 17.0. The van der Waals surface area contributed by atoms with Crippen molar-refractivity contribution in [1.29, 1.82) is 0 Å². The Labute approximate surface area is 166 Å². The minimum atomic E-state index is -0.602. The van der Waals surface area contributed by atoms with Crippen molar-refractivity contribution >= 4 is 27.9 Å². The second-order valence-electron chi connectivity index (χ2n) is 8.18. The van der Waals surface area contributed by atoms with E-state index in [1.54, 1.807) is 0 Å². The average Bonchev–Trinajstić information content (AvgIpc) is 2.91. The monoisotopic (exact) mass is 370 g/mol. The van der Waals surface area contributed by atoms with Crippen molar-refractivity contribution in [3.63, 3.8) is 0 Å². The Balaban J connectivity index is 1.80. The van der Waals surface area contributed by atoms with E-state index in [2.05, 4.69) is 93.3 Å². The smallest absolute Gasteiger partial charge is 0.231 e. The first-order valence-electron chi connectivity index (χ1n) is 10.2. The normalized spacial score (nSPS) is 22.0. The fraction of sp³-hybridized carbons (Fsp3) is 0.320. The summed E-state index contributed by atoms with van der Waals surface area (Å²) in [6, 6.07) is 21.3. The van der Waals surface area contributed by atoms with Gasteiger partial charge in [-0.3, -0.25) is 0 Å². The predicted octanol–water partition coefficient (Wildman–Crippen LogP) is 6.23. The quantitative estimate of drug-likeness (QED) is 0.534. The van der Waals surface area contributed by atoms with Gasteiger partial charge in [-0.25, -0.2) is 4.99 Å². The van der Waals surface area contributed by atoms with Crippen molar-refractivity contribution in [3.05, 3.63) is 66.2 Å². The summed E-state index contributed by atoms with van der Waals surface area (Å²) >= 11 is 0. The Morgan fingerprint density at radius 2 is 1.68 bits per heavy atom. The van der Waals surface area contributed by atoms with Crippen LogP contribution in [-0.4, -0.2) is 18.0 Å². The molecular formula is C25H26N2O. The average molecular weight is 370 g/mol. The molecule has 0 N–H and O–H groups in total. The minimum absolute atomic E-state index is 0.224. The molecule has 0 fully saturated rings. The number of rotatable bonds is 2. The first-order chi connectivity index (χ1) is 13.5. The molecule has 3 aromatic carbocycles. The molecule has 1 unspecified atom stereocenters. The van der Waals surface area contributed by atoms with Crippen LogP contribution < -0.4 is 9.64 Å². The van der Waals surface area contributed by atoms with Crippen LogP contribution in [0.5, 0.6) is 5.75 Å². The Bertz CT molecular complexity index is 1110. The van der Waals surface area contributed by atoms with Crippen molar-refractivity contribution in [1.82, 2.24) is 0 Å². The van der Waals surface area contributed by atoms with Crippen LogP contribution in [0.4, 0.5) is 11.4 Å². The van der Waals surface area contributed by atoms with E-state index >= 15 is 0 Å². The molecule has 1 spiro atoms. The molecule has 2 aliphatic heterocycles. The Morgan fingerprint density at radius 3 is 2.46 bits per heavy atom. The molecule has 0 amide bonds. The summed E-state index contributed by atoms with van der Waals surface area (Å²) in [6.45, 7) is 9.83. The van der Waals surface area contributed by atoms with Crippen LogP contribution in [0, 0.1) is 0 Å². The van der Waals surface area contributed by atoms with Gasteiger partial charge < -0.3 is 9.64 Å². The fourth-order valence-electron chi connectivity index (χ4n) is 5.20. The highest BCUT2D eigenvalue weighted by molar-refractivity contribution is 6.07. The summed E-state index contributed by atoms with van der Waals surface area (Å²) in [7, 11) is 0. The van der Waals surface area contributed by atoms with E-state index in [0.29, 0.717) is 0 Å². The molecule has 0 saturated heterocycles. The summed E-state index contributed by atoms with van der Waals surface area (Å²) in [5.74, 6) is 0.871. The van der Waals surface area contributed by atoms with Gasteiger partial charge in [0.15, 0.2) is 0 Å². The lowest BCUT2D eigenvalue weighted by molar-refractivity contribution is 0.0718. The maximum atomic E-state index is 6.99. The van der Waals surface area contributed by atoms with E-state index in [1.165, 1.54) is 16.6 Å². The SMILES string of the molecule is CCC1=Nc2c(ccc3ccccc23)OC12N(CC)c1ccccc1C2(C)C. The topological polar surface area (TPSA) is 24.8 Å². The van der Waals surface area contributed by atoms with Gasteiger partial charge in [0, 0.05) is 17.6 Å². The molecule has 5 rings (SSSR count). The van der Waals surface area contributed by atoms with Crippen LogP contribution in [0.2, 0.25) is 0 Å². The molecule has 3 aromatic rings. The van der Waals surface area contributed by atoms with E-state index < -0.39 is 5.72 Å². The number of ether oxygens (including phenoxy) is 1. The van der Waals surface area contributed by atoms with Gasteiger partial charge in [-0.15, -0.1) is 0 Å². The molecule has 0 bridgehead atoms. The van der Waals surface area contributed by atoms with Crippen molar-refractivity contribution in [2.45, 2.75) is 45.3 Å². The minimum Gasteiger partial charge on any atom is -0.459 e. The lowest BCUT2D eigenvalue weighted by Crippen LogP contribution is -2.66. The van der Waals surface area contributed by atoms with Crippen LogP contribution >= 0.6 is 0 Å². The van der Waals surface area contributed by atoms with Crippen molar-refractivity contribution in [2.24, 2.45) is 4.99 Å². The van der Waals surface area contributed by atoms with E-state index in [1.807, 2.05) is 0 Å². The highest BCUT2D eigenvalue weighted by atomic mass is 16.5. The van der Waals surface area contributed by atoms with Gasteiger partial charge in [0.05, 0.1) is 11.1 Å². The molecule has 1 atom stereocenters. The predicted molar refractivity (Wildman–Crippen MR) is 117 cm³/mol. The highest BCUT2D eigenvalue weighted by Crippen LogP contribution is 2.56. The van der Waals surface area contributed by atoms with Crippen LogP contribution in [0.25, 0.3) is 10.8 Å². The van der Waals surface area contributed by atoms with Gasteiger partial charge in [-0.05, 0) is 50.3 Å². The summed E-state index contributed by atoms with van der Waals surface area (Å²) in [5, 5.41) is 2.35. The summed E-state index contributed by atoms with van der Waals surface area (Å²) in [4.78, 5) is 7.66. The first kappa shape index (κ1) is 17.3. The number of nitrogens with zero attached hydrogens (tertiary/aromatic N) is 2. The molecule has 0 radical (unpaired) electrons. The number of benzene rings is 3. The zero-order valence-electron chi connectivity index (χ0n) is 17.0. The second kappa shape index (κ2) is 5.84. The summed E-state index contributed by atoms with van der Waals surface area (Å²) < 4.78 is 6.99. The molecular weight excluding hydrogens is 344 g/mol. The molecule has 142 valence electrons. The molecule has 2 aliphatic rings. The third kappa shape index (κ3) is 1.97. The largest absolute Gasteiger partial charge is 0.459 e. The van der Waals surface area contributed by atoms with E-state index in [0.717, 1.165) is 35.5 Å². The van der Waals surface area contributed by atoms with Gasteiger partial charge in [-0.2, -0.15) is 0 Å². The third-order valence-corrected chi connectivity index (χ3v) is 6.51. The molecule has 3 nitrogen and oxygen atoms in total. The Morgan fingerprint density at radius 1 is 0.929 bits per heavy atom. The van der Waals surface area contributed by atoms with Gasteiger partial charge in [0.25, 0.3) is 0 Å². The number of hydrogen-bond acceptors (Lipinski definition) is 3. The van der Waals surface area contributed by atoms with Gasteiger partial charge >= 0.3 is 0 Å². The van der Waals surface area contributed by atoms with Gasteiger partial charge in [0.2, 0.25) is 5.72 Å². The van der Waals surface area contributed by atoms with E-state index in [4.69, 9.17) is 9.73 Å². The molecule has 28 heavy (non-hydrogen) atoms. The fourth-order valence-corrected chi connectivity index (χ4v) is 5.20. The van der Waals surface area contributed by atoms with Gasteiger partial charge in [-0.1, -0.05) is 55.5 Å². The standard InChI is InChI=1S/C25H26N2O/c1-5-22-25(24(3,4)19-13-9-10-14-20(19)27(25)6-2)28-21-16-15-17-11-7-8-12-18(17)23(21)26-22/h7-16H,5-6H2,1-4H3. The summed E-state index contributed by atoms with van der Waals surface area (Å²) in [5.41, 5.74) is 3.80. The molecule has 0 aliphatic carbocycles. The van der Waals surface area contributed by atoms with Gasteiger partial charge in [0.1, 0.15) is 11.4 Å². The second-order valence-corrected chi connectivity index (χ2v) is 8.18. The number of aliphatic imine (C=N–C) groups is 1. The Kier molecular flexibility index (Phi) is 3.61. The van der Waals surface area contributed by atoms with Crippen LogP contribution in [0.15, 0.2) is 65.7 Å².